The first-order valence-corrected chi connectivity index (χ1v) is 4.15. The van der Waals surface area contributed by atoms with Gasteiger partial charge in [-0.3, -0.25) is 4.79 Å². The molecular weight excluding hydrogens is 166 g/mol. The lowest BCUT2D eigenvalue weighted by molar-refractivity contribution is -0.606. The second-order valence-electron chi connectivity index (χ2n) is 3.63. The van der Waals surface area contributed by atoms with Gasteiger partial charge in [0, 0.05) is 11.6 Å². The van der Waals surface area contributed by atoms with Gasteiger partial charge in [0.1, 0.15) is 5.78 Å². The van der Waals surface area contributed by atoms with E-state index in [2.05, 4.69) is 0 Å². The van der Waals surface area contributed by atoms with Crippen molar-refractivity contribution in [2.45, 2.75) is 26.2 Å². The highest BCUT2D eigenvalue weighted by atomic mass is 16.5. The molecule has 0 saturated carbocycles. The highest BCUT2D eigenvalue weighted by molar-refractivity contribution is 5.86. The van der Waals surface area contributed by atoms with Gasteiger partial charge in [-0.15, -0.1) is 0 Å². The minimum Gasteiger partial charge on any atom is -0.619 e. The lowest BCUT2D eigenvalue weighted by Crippen LogP contribution is -2.32. The van der Waals surface area contributed by atoms with Gasteiger partial charge in [0.15, 0.2) is 12.4 Å². The zero-order valence-corrected chi connectivity index (χ0v) is 8.07. The van der Waals surface area contributed by atoms with E-state index in [1.54, 1.807) is 12.1 Å². The maximum Gasteiger partial charge on any atom is 0.184 e. The van der Waals surface area contributed by atoms with E-state index in [-0.39, 0.29) is 5.78 Å². The van der Waals surface area contributed by atoms with Crippen LogP contribution in [0.2, 0.25) is 0 Å². The number of ketones is 1. The second-order valence-corrected chi connectivity index (χ2v) is 3.63. The Balaban J connectivity index is 3.14. The number of carbonyl (C=O) groups is 1. The molecular formula is C10H13NO2. The molecule has 0 unspecified atom stereocenters. The summed E-state index contributed by atoms with van der Waals surface area (Å²) in [6, 6.07) is 3.43. The molecule has 70 valence electrons. The zero-order valence-electron chi connectivity index (χ0n) is 8.07. The van der Waals surface area contributed by atoms with Gasteiger partial charge in [0.2, 0.25) is 0 Å². The SMILES string of the molecule is CC(=O)C(C)(C)c1ccc[n+]([O-])c1. The lowest BCUT2D eigenvalue weighted by atomic mass is 9.82. The number of hydrogen-bond donors (Lipinski definition) is 0. The van der Waals surface area contributed by atoms with E-state index in [1.165, 1.54) is 19.3 Å². The summed E-state index contributed by atoms with van der Waals surface area (Å²) < 4.78 is 0.708. The van der Waals surface area contributed by atoms with E-state index in [9.17, 15) is 10.0 Å². The fraction of sp³-hybridized carbons (Fsp3) is 0.400. The Bertz CT molecular complexity index is 331. The van der Waals surface area contributed by atoms with Gasteiger partial charge < -0.3 is 5.21 Å². The fourth-order valence-corrected chi connectivity index (χ4v) is 1.03. The predicted octanol–water partition coefficient (Wildman–Crippen LogP) is 1.19. The molecule has 0 radical (unpaired) electrons. The first-order chi connectivity index (χ1) is 5.94. The van der Waals surface area contributed by atoms with Crippen molar-refractivity contribution in [1.82, 2.24) is 0 Å². The molecule has 0 N–H and O–H groups in total. The highest BCUT2D eigenvalue weighted by Gasteiger charge is 2.27. The highest BCUT2D eigenvalue weighted by Crippen LogP contribution is 2.22. The van der Waals surface area contributed by atoms with Crippen LogP contribution < -0.4 is 4.73 Å². The van der Waals surface area contributed by atoms with Crippen LogP contribution in [-0.4, -0.2) is 5.78 Å². The summed E-state index contributed by atoms with van der Waals surface area (Å²) in [5.41, 5.74) is 0.172. The van der Waals surface area contributed by atoms with Crippen LogP contribution in [0, 0.1) is 5.21 Å². The van der Waals surface area contributed by atoms with Crippen molar-refractivity contribution in [3.05, 3.63) is 35.3 Å². The topological polar surface area (TPSA) is 44.0 Å². The smallest absolute Gasteiger partial charge is 0.184 e. The summed E-state index contributed by atoms with van der Waals surface area (Å²) in [6.07, 6.45) is 2.83. The summed E-state index contributed by atoms with van der Waals surface area (Å²) in [6.45, 7) is 5.15. The quantitative estimate of drug-likeness (QED) is 0.505. The van der Waals surface area contributed by atoms with Gasteiger partial charge >= 0.3 is 0 Å². The van der Waals surface area contributed by atoms with E-state index in [0.717, 1.165) is 5.56 Å². The maximum atomic E-state index is 11.3. The largest absolute Gasteiger partial charge is 0.619 e. The Morgan fingerprint density at radius 2 is 2.15 bits per heavy atom. The van der Waals surface area contributed by atoms with Gasteiger partial charge in [-0.2, -0.15) is 4.73 Å². The molecule has 1 aromatic rings. The Labute approximate surface area is 77.6 Å². The van der Waals surface area contributed by atoms with Gasteiger partial charge in [0.05, 0.1) is 5.41 Å². The minimum absolute atomic E-state index is 0.0544. The van der Waals surface area contributed by atoms with Crippen LogP contribution >= 0.6 is 0 Å². The fourth-order valence-electron chi connectivity index (χ4n) is 1.03. The normalized spacial score (nSPS) is 11.3. The second kappa shape index (κ2) is 3.17. The molecule has 0 fully saturated rings. The molecule has 0 saturated heterocycles. The molecule has 0 aliphatic rings. The van der Waals surface area contributed by atoms with Crippen LogP contribution in [0.25, 0.3) is 0 Å². The monoisotopic (exact) mass is 179 g/mol. The third-order valence-corrected chi connectivity index (χ3v) is 2.38. The molecule has 3 heteroatoms. The van der Waals surface area contributed by atoms with Crippen molar-refractivity contribution in [2.24, 2.45) is 0 Å². The third kappa shape index (κ3) is 1.86. The van der Waals surface area contributed by atoms with E-state index < -0.39 is 5.41 Å². The van der Waals surface area contributed by atoms with Crippen molar-refractivity contribution >= 4 is 5.78 Å². The van der Waals surface area contributed by atoms with Gasteiger partial charge in [-0.05, 0) is 26.8 Å². The standard InChI is InChI=1S/C10H13NO2/c1-8(12)10(2,3)9-5-4-6-11(13)7-9/h4-7H,1-3H3. The molecule has 1 heterocycles. The number of nitrogens with zero attached hydrogens (tertiary/aromatic N) is 1. The van der Waals surface area contributed by atoms with Crippen LogP contribution in [0.3, 0.4) is 0 Å². The number of Topliss-reactive ketones (excluding diaryl/α,β-unsaturated/α-hetero) is 1. The lowest BCUT2D eigenvalue weighted by Gasteiger charge is -2.19. The van der Waals surface area contributed by atoms with Crippen LogP contribution in [0.15, 0.2) is 24.5 Å². The summed E-state index contributed by atoms with van der Waals surface area (Å²) in [5, 5.41) is 11.0. The van der Waals surface area contributed by atoms with E-state index in [0.29, 0.717) is 4.73 Å². The van der Waals surface area contributed by atoms with Crippen molar-refractivity contribution in [3.63, 3.8) is 0 Å². The third-order valence-electron chi connectivity index (χ3n) is 2.38. The van der Waals surface area contributed by atoms with Gasteiger partial charge in [-0.1, -0.05) is 0 Å². The number of hydrogen-bond acceptors (Lipinski definition) is 2. The zero-order chi connectivity index (χ0) is 10.1. The van der Waals surface area contributed by atoms with Crippen molar-refractivity contribution < 1.29 is 9.52 Å². The van der Waals surface area contributed by atoms with E-state index in [4.69, 9.17) is 0 Å². The van der Waals surface area contributed by atoms with Crippen molar-refractivity contribution in [1.29, 1.82) is 0 Å². The van der Waals surface area contributed by atoms with Crippen LogP contribution in [0.5, 0.6) is 0 Å². The molecule has 0 aromatic carbocycles. The molecule has 0 aliphatic heterocycles. The van der Waals surface area contributed by atoms with Crippen LogP contribution in [0.1, 0.15) is 26.3 Å². The molecule has 1 rings (SSSR count). The first-order valence-electron chi connectivity index (χ1n) is 4.15. The first kappa shape index (κ1) is 9.71. The Kier molecular flexibility index (Phi) is 2.36. The van der Waals surface area contributed by atoms with Gasteiger partial charge in [-0.25, -0.2) is 0 Å². The number of pyridine rings is 1. The summed E-state index contributed by atoms with van der Waals surface area (Å²) in [5.74, 6) is 0.0544. The number of rotatable bonds is 2. The minimum atomic E-state index is -0.576. The Morgan fingerprint density at radius 3 is 2.62 bits per heavy atom. The number of aromatic nitrogens is 1. The molecule has 1 aromatic heterocycles. The van der Waals surface area contributed by atoms with Crippen molar-refractivity contribution in [3.8, 4) is 0 Å². The maximum absolute atomic E-state index is 11.3. The summed E-state index contributed by atoms with van der Waals surface area (Å²) in [7, 11) is 0. The van der Waals surface area contributed by atoms with E-state index in [1.807, 2.05) is 13.8 Å². The molecule has 0 spiro atoms. The Morgan fingerprint density at radius 1 is 1.54 bits per heavy atom. The summed E-state index contributed by atoms with van der Waals surface area (Å²) >= 11 is 0. The molecule has 0 amide bonds. The number of carbonyl (C=O) groups excluding carboxylic acids is 1. The van der Waals surface area contributed by atoms with Gasteiger partial charge in [0.25, 0.3) is 0 Å². The molecule has 0 aliphatic carbocycles. The molecule has 3 nitrogen and oxygen atoms in total. The predicted molar refractivity (Wildman–Crippen MR) is 49.1 cm³/mol. The van der Waals surface area contributed by atoms with Crippen LogP contribution in [0.4, 0.5) is 0 Å². The Hall–Kier alpha value is -1.38. The average molecular weight is 179 g/mol. The average Bonchev–Trinajstić information content (AvgIpc) is 2.04. The van der Waals surface area contributed by atoms with Crippen LogP contribution in [-0.2, 0) is 10.2 Å². The molecule has 0 bridgehead atoms. The summed E-state index contributed by atoms with van der Waals surface area (Å²) in [4.78, 5) is 11.3. The molecule has 13 heavy (non-hydrogen) atoms. The molecule has 0 atom stereocenters. The van der Waals surface area contributed by atoms with Crippen molar-refractivity contribution in [2.75, 3.05) is 0 Å². The van der Waals surface area contributed by atoms with E-state index >= 15 is 0 Å².